The van der Waals surface area contributed by atoms with Crippen molar-refractivity contribution >= 4 is 16.8 Å². The first-order valence-corrected chi connectivity index (χ1v) is 5.91. The van der Waals surface area contributed by atoms with E-state index in [1.807, 2.05) is 30.3 Å². The summed E-state index contributed by atoms with van der Waals surface area (Å²) in [5.41, 5.74) is 10.5. The Hall–Kier alpha value is -1.89. The van der Waals surface area contributed by atoms with Gasteiger partial charge in [-0.2, -0.15) is 5.53 Å². The van der Waals surface area contributed by atoms with Gasteiger partial charge < -0.3 is 10.3 Å². The van der Waals surface area contributed by atoms with Gasteiger partial charge in [-0.15, -0.1) is 0 Å². The fourth-order valence-electron chi connectivity index (χ4n) is 2.03. The Labute approximate surface area is 104 Å². The maximum atomic E-state index is 11.8. The summed E-state index contributed by atoms with van der Waals surface area (Å²) in [5, 5.41) is 4.05. The molecule has 1 aromatic heterocycles. The van der Waals surface area contributed by atoms with Crippen LogP contribution < -0.4 is 21.7 Å². The highest BCUT2D eigenvalue weighted by atomic mass is 16.2. The molecular weight excluding hydrogens is 230 g/mol. The summed E-state index contributed by atoms with van der Waals surface area (Å²) in [6, 6.07) is 9.87. The molecule has 2 heterocycles. The van der Waals surface area contributed by atoms with Crippen LogP contribution in [0.5, 0.6) is 0 Å². The molecule has 1 atom stereocenters. The molecule has 0 bridgehead atoms. The smallest absolute Gasteiger partial charge is 0.240 e. The molecular formula is C12H15N5O. The van der Waals surface area contributed by atoms with E-state index in [-0.39, 0.29) is 11.9 Å². The fourth-order valence-corrected chi connectivity index (χ4v) is 2.03. The molecule has 6 heteroatoms. The molecule has 1 saturated heterocycles. The van der Waals surface area contributed by atoms with Crippen molar-refractivity contribution in [2.24, 2.45) is 0 Å². The second-order valence-electron chi connectivity index (χ2n) is 4.30. The van der Waals surface area contributed by atoms with Crippen molar-refractivity contribution in [3.63, 3.8) is 0 Å². The summed E-state index contributed by atoms with van der Waals surface area (Å²) in [5.74, 6) is -0.0221. The van der Waals surface area contributed by atoms with Gasteiger partial charge in [-0.25, -0.2) is 10.9 Å². The number of carbonyl (C=O) groups excluding carboxylic acids is 1. The average molecular weight is 245 g/mol. The minimum Gasteiger partial charge on any atom is -0.357 e. The number of H-pyrrole nitrogens is 1. The summed E-state index contributed by atoms with van der Waals surface area (Å²) in [4.78, 5) is 15.0. The first-order valence-electron chi connectivity index (χ1n) is 5.91. The summed E-state index contributed by atoms with van der Waals surface area (Å²) in [7, 11) is 0. The Kier molecular flexibility index (Phi) is 2.97. The Morgan fingerprint density at radius 2 is 2.28 bits per heavy atom. The van der Waals surface area contributed by atoms with Crippen molar-refractivity contribution < 1.29 is 4.79 Å². The van der Waals surface area contributed by atoms with Gasteiger partial charge in [0.05, 0.1) is 6.54 Å². The van der Waals surface area contributed by atoms with E-state index in [1.54, 1.807) is 0 Å². The molecule has 6 nitrogen and oxygen atoms in total. The van der Waals surface area contributed by atoms with Crippen molar-refractivity contribution in [3.8, 4) is 0 Å². The number of aromatic amines is 1. The molecule has 2 aromatic rings. The Bertz CT molecular complexity index is 525. The van der Waals surface area contributed by atoms with Crippen LogP contribution in [0.4, 0.5) is 0 Å². The molecule has 0 radical (unpaired) electrons. The van der Waals surface area contributed by atoms with E-state index in [4.69, 9.17) is 0 Å². The fraction of sp³-hybridized carbons (Fsp3) is 0.250. The second kappa shape index (κ2) is 4.77. The summed E-state index contributed by atoms with van der Waals surface area (Å²) >= 11 is 0. The molecule has 1 aliphatic heterocycles. The Morgan fingerprint density at radius 3 is 3.06 bits per heavy atom. The Balaban J connectivity index is 1.63. The number of fused-ring (bicyclic) bond motifs is 1. The third-order valence-electron chi connectivity index (χ3n) is 3.00. The number of aromatic nitrogens is 1. The Morgan fingerprint density at radius 1 is 1.39 bits per heavy atom. The first-order chi connectivity index (χ1) is 8.83. The lowest BCUT2D eigenvalue weighted by atomic mass is 10.2. The molecule has 0 saturated carbocycles. The molecule has 1 aliphatic rings. The number of rotatable bonds is 3. The van der Waals surface area contributed by atoms with Crippen LogP contribution >= 0.6 is 0 Å². The number of benzene rings is 1. The van der Waals surface area contributed by atoms with Crippen molar-refractivity contribution in [2.75, 3.05) is 6.54 Å². The molecule has 94 valence electrons. The number of para-hydroxylation sites is 1. The van der Waals surface area contributed by atoms with E-state index in [9.17, 15) is 4.79 Å². The van der Waals surface area contributed by atoms with Gasteiger partial charge in [0, 0.05) is 17.8 Å². The number of amides is 1. The van der Waals surface area contributed by atoms with Gasteiger partial charge in [0.15, 0.2) is 0 Å². The maximum Gasteiger partial charge on any atom is 0.240 e. The lowest BCUT2D eigenvalue weighted by Gasteiger charge is -2.08. The van der Waals surface area contributed by atoms with Crippen LogP contribution in [0.25, 0.3) is 10.9 Å². The largest absolute Gasteiger partial charge is 0.357 e. The quantitative estimate of drug-likeness (QED) is 0.517. The molecule has 1 fully saturated rings. The van der Waals surface area contributed by atoms with E-state index >= 15 is 0 Å². The number of carbonyl (C=O) groups is 1. The third-order valence-corrected chi connectivity index (χ3v) is 3.00. The van der Waals surface area contributed by atoms with Crippen LogP contribution in [0, 0.1) is 0 Å². The zero-order valence-corrected chi connectivity index (χ0v) is 9.79. The predicted octanol–water partition coefficient (Wildman–Crippen LogP) is -0.235. The molecule has 0 aliphatic carbocycles. The highest BCUT2D eigenvalue weighted by Gasteiger charge is 2.21. The van der Waals surface area contributed by atoms with Crippen molar-refractivity contribution in [2.45, 2.75) is 12.6 Å². The molecule has 3 rings (SSSR count). The van der Waals surface area contributed by atoms with Crippen LogP contribution in [0.3, 0.4) is 0 Å². The average Bonchev–Trinajstić information content (AvgIpc) is 3.04. The van der Waals surface area contributed by atoms with Crippen LogP contribution in [0.2, 0.25) is 0 Å². The van der Waals surface area contributed by atoms with E-state index < -0.39 is 0 Å². The second-order valence-corrected chi connectivity index (χ2v) is 4.30. The van der Waals surface area contributed by atoms with Gasteiger partial charge in [-0.05, 0) is 17.5 Å². The molecule has 0 spiro atoms. The van der Waals surface area contributed by atoms with Gasteiger partial charge in [-0.1, -0.05) is 18.2 Å². The predicted molar refractivity (Wildman–Crippen MR) is 68.2 cm³/mol. The van der Waals surface area contributed by atoms with Gasteiger partial charge in [0.1, 0.15) is 6.04 Å². The summed E-state index contributed by atoms with van der Waals surface area (Å²) in [6.07, 6.45) is 0. The highest BCUT2D eigenvalue weighted by molar-refractivity contribution is 5.83. The molecule has 5 N–H and O–H groups in total. The lowest BCUT2D eigenvalue weighted by molar-refractivity contribution is -0.122. The van der Waals surface area contributed by atoms with Crippen LogP contribution in [0.1, 0.15) is 5.69 Å². The van der Waals surface area contributed by atoms with Gasteiger partial charge >= 0.3 is 0 Å². The van der Waals surface area contributed by atoms with Gasteiger partial charge in [-0.3, -0.25) is 4.79 Å². The molecule has 18 heavy (non-hydrogen) atoms. The number of hydrazine groups is 2. The van der Waals surface area contributed by atoms with Crippen LogP contribution in [-0.4, -0.2) is 23.5 Å². The monoisotopic (exact) mass is 245 g/mol. The van der Waals surface area contributed by atoms with Crippen molar-refractivity contribution in [3.05, 3.63) is 36.0 Å². The first kappa shape index (κ1) is 11.2. The molecule has 1 aromatic carbocycles. The maximum absolute atomic E-state index is 11.8. The van der Waals surface area contributed by atoms with Crippen molar-refractivity contribution in [1.82, 2.24) is 26.7 Å². The van der Waals surface area contributed by atoms with E-state index in [0.717, 1.165) is 16.6 Å². The van der Waals surface area contributed by atoms with Crippen LogP contribution in [-0.2, 0) is 11.3 Å². The van der Waals surface area contributed by atoms with E-state index in [2.05, 4.69) is 26.7 Å². The summed E-state index contributed by atoms with van der Waals surface area (Å²) < 4.78 is 0. The van der Waals surface area contributed by atoms with Crippen LogP contribution in [0.15, 0.2) is 30.3 Å². The number of hydrogen-bond acceptors (Lipinski definition) is 4. The summed E-state index contributed by atoms with van der Waals surface area (Å²) in [6.45, 7) is 1.09. The topological polar surface area (TPSA) is 81.0 Å². The molecule has 1 amide bonds. The zero-order chi connectivity index (χ0) is 12.4. The van der Waals surface area contributed by atoms with E-state index in [1.165, 1.54) is 0 Å². The van der Waals surface area contributed by atoms with Crippen molar-refractivity contribution in [1.29, 1.82) is 0 Å². The minimum absolute atomic E-state index is 0.0221. The number of hydrogen-bond donors (Lipinski definition) is 5. The van der Waals surface area contributed by atoms with E-state index in [0.29, 0.717) is 13.1 Å². The van der Waals surface area contributed by atoms with Gasteiger partial charge in [0.25, 0.3) is 0 Å². The SMILES string of the molecule is O=C(NCc1cc2ccccc2[nH]1)C1CNNN1. The number of nitrogens with one attached hydrogen (secondary N) is 5. The normalized spacial score (nSPS) is 19.2. The van der Waals surface area contributed by atoms with Gasteiger partial charge in [0.2, 0.25) is 5.91 Å². The zero-order valence-electron chi connectivity index (χ0n) is 9.79. The lowest BCUT2D eigenvalue weighted by Crippen LogP contribution is -2.44. The highest BCUT2D eigenvalue weighted by Crippen LogP contribution is 2.14. The molecule has 1 unspecified atom stereocenters. The standard InChI is InChI=1S/C12H15N5O/c18-12(11-7-14-17-16-11)13-6-9-5-8-3-1-2-4-10(8)15-9/h1-5,11,14-17H,6-7H2,(H,13,18). The minimum atomic E-state index is -0.227. The third kappa shape index (κ3) is 2.21.